The van der Waals surface area contributed by atoms with Crippen LogP contribution >= 0.6 is 31.9 Å². The highest BCUT2D eigenvalue weighted by atomic mass is 79.9. The van der Waals surface area contributed by atoms with Crippen molar-refractivity contribution >= 4 is 31.9 Å². The predicted molar refractivity (Wildman–Crippen MR) is 55.0 cm³/mol. The topological polar surface area (TPSA) is 20.2 Å². The molecule has 1 aliphatic carbocycles. The van der Waals surface area contributed by atoms with Crippen LogP contribution in [0.3, 0.4) is 0 Å². The van der Waals surface area contributed by atoms with Gasteiger partial charge >= 0.3 is 0 Å². The highest BCUT2D eigenvalue weighted by Gasteiger charge is 2.42. The third kappa shape index (κ3) is 1.45. The summed E-state index contributed by atoms with van der Waals surface area (Å²) in [5, 5.41) is 9.78. The zero-order chi connectivity index (χ0) is 8.77. The summed E-state index contributed by atoms with van der Waals surface area (Å²) in [6.45, 7) is 0. The van der Waals surface area contributed by atoms with Gasteiger partial charge in [-0.2, -0.15) is 0 Å². The van der Waals surface area contributed by atoms with Gasteiger partial charge in [-0.15, -0.1) is 0 Å². The molecule has 12 heavy (non-hydrogen) atoms. The van der Waals surface area contributed by atoms with Gasteiger partial charge in [0.15, 0.2) is 0 Å². The van der Waals surface area contributed by atoms with Gasteiger partial charge in [-0.25, -0.2) is 0 Å². The van der Waals surface area contributed by atoms with E-state index >= 15 is 0 Å². The quantitative estimate of drug-likeness (QED) is 0.842. The molecule has 0 aromatic heterocycles. The lowest BCUT2D eigenvalue weighted by Crippen LogP contribution is -2.03. The average Bonchev–Trinajstić information content (AvgIpc) is 2.75. The molecule has 0 bridgehead atoms. The zero-order valence-corrected chi connectivity index (χ0v) is 9.52. The molecule has 1 fully saturated rings. The maximum absolute atomic E-state index is 9.78. The van der Waals surface area contributed by atoms with Crippen LogP contribution in [0.1, 0.15) is 18.4 Å². The van der Waals surface area contributed by atoms with Crippen LogP contribution in [0.5, 0.6) is 0 Å². The van der Waals surface area contributed by atoms with Crippen molar-refractivity contribution in [1.82, 2.24) is 0 Å². The summed E-state index contributed by atoms with van der Waals surface area (Å²) in [6.07, 6.45) is 1.78. The molecule has 0 amide bonds. The maximum atomic E-state index is 9.78. The Balaban J connectivity index is 2.41. The van der Waals surface area contributed by atoms with E-state index in [0.717, 1.165) is 27.4 Å². The highest BCUT2D eigenvalue weighted by molar-refractivity contribution is 9.13. The minimum Gasteiger partial charge on any atom is -0.385 e. The summed E-state index contributed by atoms with van der Waals surface area (Å²) < 4.78 is 2.02. The normalized spacial score (nSPS) is 19.2. The summed E-state index contributed by atoms with van der Waals surface area (Å²) in [4.78, 5) is 0. The molecule has 0 saturated heterocycles. The first-order valence-electron chi connectivity index (χ1n) is 3.80. The van der Waals surface area contributed by atoms with Gasteiger partial charge in [-0.3, -0.25) is 0 Å². The van der Waals surface area contributed by atoms with E-state index in [-0.39, 0.29) is 0 Å². The number of hydrogen-bond donors (Lipinski definition) is 1. The summed E-state index contributed by atoms with van der Waals surface area (Å²) >= 11 is 6.80. The van der Waals surface area contributed by atoms with Crippen LogP contribution < -0.4 is 0 Å². The molecule has 1 aromatic carbocycles. The third-order valence-electron chi connectivity index (χ3n) is 2.18. The van der Waals surface area contributed by atoms with Crippen LogP contribution in [-0.4, -0.2) is 5.11 Å². The summed E-state index contributed by atoms with van der Waals surface area (Å²) in [7, 11) is 0. The number of rotatable bonds is 1. The van der Waals surface area contributed by atoms with Gasteiger partial charge in [0.1, 0.15) is 0 Å². The summed E-state index contributed by atoms with van der Waals surface area (Å²) in [5.74, 6) is 0. The Bertz CT molecular complexity index is 318. The smallest absolute Gasteiger partial charge is 0.0899 e. The van der Waals surface area contributed by atoms with Crippen LogP contribution in [0.15, 0.2) is 27.1 Å². The largest absolute Gasteiger partial charge is 0.385 e. The molecule has 1 nitrogen and oxygen atoms in total. The Morgan fingerprint density at radius 3 is 2.33 bits per heavy atom. The van der Waals surface area contributed by atoms with Crippen LogP contribution in [0.4, 0.5) is 0 Å². The molecule has 1 saturated carbocycles. The Morgan fingerprint density at radius 2 is 1.83 bits per heavy atom. The van der Waals surface area contributed by atoms with E-state index in [9.17, 15) is 5.11 Å². The molecule has 0 unspecified atom stereocenters. The first kappa shape index (κ1) is 8.73. The number of halogens is 2. The zero-order valence-electron chi connectivity index (χ0n) is 6.35. The van der Waals surface area contributed by atoms with Crippen molar-refractivity contribution in [2.24, 2.45) is 0 Å². The number of aliphatic hydroxyl groups is 1. The van der Waals surface area contributed by atoms with Crippen molar-refractivity contribution in [3.8, 4) is 0 Å². The minimum absolute atomic E-state index is 0.525. The van der Waals surface area contributed by atoms with Gasteiger partial charge in [-0.1, -0.05) is 6.07 Å². The molecular formula is C9H8Br2O. The van der Waals surface area contributed by atoms with Gasteiger partial charge in [-0.05, 0) is 62.4 Å². The second-order valence-electron chi connectivity index (χ2n) is 3.16. The van der Waals surface area contributed by atoms with Crippen LogP contribution in [0.25, 0.3) is 0 Å². The fourth-order valence-electron chi connectivity index (χ4n) is 1.19. The SMILES string of the molecule is OC1(c2ccc(Br)c(Br)c2)CC1. The van der Waals surface area contributed by atoms with Gasteiger partial charge in [0.2, 0.25) is 0 Å². The molecule has 0 atom stereocenters. The summed E-state index contributed by atoms with van der Waals surface area (Å²) in [6, 6.07) is 5.88. The van der Waals surface area contributed by atoms with Crippen LogP contribution in [0, 0.1) is 0 Å². The predicted octanol–water partition coefficient (Wildman–Crippen LogP) is 3.19. The standard InChI is InChI=1S/C9H8Br2O/c10-7-2-1-6(5-8(7)11)9(12)3-4-9/h1-2,5,12H,3-4H2. The Hall–Kier alpha value is 0.140. The average molecular weight is 292 g/mol. The van der Waals surface area contributed by atoms with Gasteiger partial charge in [0.05, 0.1) is 5.60 Å². The first-order chi connectivity index (χ1) is 5.62. The lowest BCUT2D eigenvalue weighted by atomic mass is 10.1. The molecule has 1 N–H and O–H groups in total. The lowest BCUT2D eigenvalue weighted by Gasteiger charge is -2.08. The Kier molecular flexibility index (Phi) is 2.05. The van der Waals surface area contributed by atoms with Gasteiger partial charge in [0.25, 0.3) is 0 Å². The van der Waals surface area contributed by atoms with Crippen LogP contribution in [0.2, 0.25) is 0 Å². The molecule has 3 heteroatoms. The third-order valence-corrected chi connectivity index (χ3v) is 4.06. The van der Waals surface area contributed by atoms with E-state index in [1.165, 1.54) is 0 Å². The fourth-order valence-corrected chi connectivity index (χ4v) is 1.82. The molecule has 0 heterocycles. The monoisotopic (exact) mass is 290 g/mol. The number of hydrogen-bond acceptors (Lipinski definition) is 1. The molecule has 1 aromatic rings. The van der Waals surface area contributed by atoms with Crippen molar-refractivity contribution in [3.05, 3.63) is 32.7 Å². The fraction of sp³-hybridized carbons (Fsp3) is 0.333. The molecule has 0 radical (unpaired) electrons. The molecule has 1 aliphatic rings. The molecule has 2 rings (SSSR count). The van der Waals surface area contributed by atoms with E-state index in [1.807, 2.05) is 18.2 Å². The lowest BCUT2D eigenvalue weighted by molar-refractivity contribution is 0.151. The minimum atomic E-state index is -0.525. The first-order valence-corrected chi connectivity index (χ1v) is 5.38. The van der Waals surface area contributed by atoms with Crippen molar-refractivity contribution in [3.63, 3.8) is 0 Å². The van der Waals surface area contributed by atoms with E-state index in [1.54, 1.807) is 0 Å². The van der Waals surface area contributed by atoms with Crippen molar-refractivity contribution in [1.29, 1.82) is 0 Å². The van der Waals surface area contributed by atoms with E-state index in [4.69, 9.17) is 0 Å². The Morgan fingerprint density at radius 1 is 1.17 bits per heavy atom. The van der Waals surface area contributed by atoms with Crippen molar-refractivity contribution < 1.29 is 5.11 Å². The molecule has 0 aliphatic heterocycles. The van der Waals surface area contributed by atoms with Crippen molar-refractivity contribution in [2.75, 3.05) is 0 Å². The van der Waals surface area contributed by atoms with E-state index in [0.29, 0.717) is 0 Å². The van der Waals surface area contributed by atoms with E-state index in [2.05, 4.69) is 31.9 Å². The highest BCUT2D eigenvalue weighted by Crippen LogP contribution is 2.46. The van der Waals surface area contributed by atoms with Gasteiger partial charge in [0, 0.05) is 8.95 Å². The maximum Gasteiger partial charge on any atom is 0.0899 e. The summed E-state index contributed by atoms with van der Waals surface area (Å²) in [5.41, 5.74) is 0.487. The van der Waals surface area contributed by atoms with Crippen molar-refractivity contribution in [2.45, 2.75) is 18.4 Å². The second kappa shape index (κ2) is 2.82. The Labute approximate surface area is 88.0 Å². The van der Waals surface area contributed by atoms with Crippen LogP contribution in [-0.2, 0) is 5.60 Å². The number of benzene rings is 1. The van der Waals surface area contributed by atoms with Gasteiger partial charge < -0.3 is 5.11 Å². The molecule has 0 spiro atoms. The molecule has 64 valence electrons. The second-order valence-corrected chi connectivity index (χ2v) is 4.87. The molecular weight excluding hydrogens is 284 g/mol. The van der Waals surface area contributed by atoms with E-state index < -0.39 is 5.60 Å².